The molecule has 8 heteroatoms. The van der Waals surface area contributed by atoms with Gasteiger partial charge in [-0.05, 0) is 12.3 Å². The van der Waals surface area contributed by atoms with E-state index in [2.05, 4.69) is 10.1 Å². The summed E-state index contributed by atoms with van der Waals surface area (Å²) in [6.45, 7) is 2.22. The zero-order valence-electron chi connectivity index (χ0n) is 12.1. The number of methoxy groups -OCH3 is 1. The molecular weight excluding hydrogens is 280 g/mol. The molecule has 0 bridgehead atoms. The van der Waals surface area contributed by atoms with Crippen LogP contribution in [0.2, 0.25) is 0 Å². The van der Waals surface area contributed by atoms with Gasteiger partial charge in [0, 0.05) is 25.9 Å². The number of urea groups is 1. The minimum atomic E-state index is -0.984. The largest absolute Gasteiger partial charge is 0.481 e. The van der Waals surface area contributed by atoms with Crippen LogP contribution in [-0.2, 0) is 19.1 Å². The Morgan fingerprint density at radius 2 is 2.00 bits per heavy atom. The van der Waals surface area contributed by atoms with Crippen molar-refractivity contribution in [3.63, 3.8) is 0 Å². The summed E-state index contributed by atoms with van der Waals surface area (Å²) < 4.78 is 4.61. The monoisotopic (exact) mass is 300 g/mol. The summed E-state index contributed by atoms with van der Waals surface area (Å²) in [6, 6.07) is -0.561. The van der Waals surface area contributed by atoms with Crippen molar-refractivity contribution in [3.05, 3.63) is 0 Å². The molecule has 1 aliphatic rings. The number of carboxylic acid groups (broad SMARTS) is 1. The first-order chi connectivity index (χ1) is 9.83. The first-order valence-corrected chi connectivity index (χ1v) is 6.71. The molecule has 0 aromatic rings. The van der Waals surface area contributed by atoms with Gasteiger partial charge < -0.3 is 14.7 Å². The van der Waals surface area contributed by atoms with E-state index in [9.17, 15) is 19.2 Å². The summed E-state index contributed by atoms with van der Waals surface area (Å²) in [7, 11) is 1.29. The fourth-order valence-corrected chi connectivity index (χ4v) is 2.24. The van der Waals surface area contributed by atoms with Crippen LogP contribution in [0.15, 0.2) is 0 Å². The lowest BCUT2D eigenvalue weighted by Crippen LogP contribution is -2.42. The van der Waals surface area contributed by atoms with Crippen LogP contribution in [-0.4, -0.2) is 54.1 Å². The topological polar surface area (TPSA) is 113 Å². The van der Waals surface area contributed by atoms with Crippen LogP contribution in [0.25, 0.3) is 0 Å². The number of aliphatic carboxylic acids is 1. The molecule has 0 spiro atoms. The number of likely N-dealkylation sites (tertiary alicyclic amines) is 1. The quantitative estimate of drug-likeness (QED) is 0.702. The number of imide groups is 1. The maximum absolute atomic E-state index is 11.8. The van der Waals surface area contributed by atoms with E-state index in [0.29, 0.717) is 13.0 Å². The Morgan fingerprint density at radius 1 is 1.33 bits per heavy atom. The second kappa shape index (κ2) is 7.61. The molecule has 0 aliphatic carbocycles. The first-order valence-electron chi connectivity index (χ1n) is 6.71. The van der Waals surface area contributed by atoms with Crippen LogP contribution >= 0.6 is 0 Å². The lowest BCUT2D eigenvalue weighted by molar-refractivity contribution is -0.145. The number of esters is 1. The van der Waals surface area contributed by atoms with Crippen molar-refractivity contribution < 1.29 is 29.0 Å². The fourth-order valence-electron chi connectivity index (χ4n) is 2.24. The second-order valence-electron chi connectivity index (χ2n) is 5.22. The van der Waals surface area contributed by atoms with Crippen molar-refractivity contribution in [2.45, 2.75) is 26.2 Å². The highest BCUT2D eigenvalue weighted by atomic mass is 16.5. The molecule has 8 nitrogen and oxygen atoms in total. The molecular formula is C13H20N2O6. The van der Waals surface area contributed by atoms with Crippen LogP contribution in [0.5, 0.6) is 0 Å². The third-order valence-corrected chi connectivity index (χ3v) is 3.31. The summed E-state index contributed by atoms with van der Waals surface area (Å²) in [4.78, 5) is 46.7. The number of carbonyl (C=O) groups excluding carboxylic acids is 3. The zero-order valence-corrected chi connectivity index (χ0v) is 12.1. The van der Waals surface area contributed by atoms with Crippen LogP contribution in [0.1, 0.15) is 26.2 Å². The van der Waals surface area contributed by atoms with E-state index < -0.39 is 17.9 Å². The molecule has 2 unspecified atom stereocenters. The lowest BCUT2D eigenvalue weighted by Gasteiger charge is -2.17. The van der Waals surface area contributed by atoms with E-state index in [1.54, 1.807) is 6.92 Å². The van der Waals surface area contributed by atoms with Crippen LogP contribution in [0, 0.1) is 11.8 Å². The molecule has 1 rings (SSSR count). The Morgan fingerprint density at radius 3 is 2.57 bits per heavy atom. The van der Waals surface area contributed by atoms with E-state index in [1.807, 2.05) is 0 Å². The van der Waals surface area contributed by atoms with Gasteiger partial charge in [-0.3, -0.25) is 19.7 Å². The third-order valence-electron chi connectivity index (χ3n) is 3.31. The van der Waals surface area contributed by atoms with Gasteiger partial charge in [-0.25, -0.2) is 4.79 Å². The maximum atomic E-state index is 11.8. The molecule has 118 valence electrons. The number of nitrogens with zero attached hydrogens (tertiary/aromatic N) is 1. The number of nitrogens with one attached hydrogen (secondary N) is 1. The van der Waals surface area contributed by atoms with E-state index in [0.717, 1.165) is 0 Å². The van der Waals surface area contributed by atoms with Crippen molar-refractivity contribution in [2.75, 3.05) is 20.2 Å². The summed E-state index contributed by atoms with van der Waals surface area (Å²) in [6.07, 6.45) is 0.339. The second-order valence-corrected chi connectivity index (χ2v) is 5.22. The summed E-state index contributed by atoms with van der Waals surface area (Å²) in [5, 5.41) is 10.8. The normalized spacial score (nSPS) is 19.0. The van der Waals surface area contributed by atoms with Gasteiger partial charge in [0.15, 0.2) is 0 Å². The van der Waals surface area contributed by atoms with Gasteiger partial charge in [0.1, 0.15) is 0 Å². The maximum Gasteiger partial charge on any atom is 0.324 e. The van der Waals surface area contributed by atoms with Gasteiger partial charge in [0.2, 0.25) is 5.91 Å². The van der Waals surface area contributed by atoms with Gasteiger partial charge in [0.05, 0.1) is 13.0 Å². The minimum absolute atomic E-state index is 0.0354. The predicted molar refractivity (Wildman–Crippen MR) is 71.3 cm³/mol. The molecule has 1 saturated heterocycles. The smallest absolute Gasteiger partial charge is 0.324 e. The molecule has 2 atom stereocenters. The average molecular weight is 300 g/mol. The minimum Gasteiger partial charge on any atom is -0.481 e. The number of amides is 3. The number of hydrogen-bond donors (Lipinski definition) is 2. The molecule has 1 aliphatic heterocycles. The Hall–Kier alpha value is -2.12. The first kappa shape index (κ1) is 16.9. The zero-order chi connectivity index (χ0) is 16.0. The SMILES string of the molecule is COC(=O)C1CCN(C(=O)NC(=O)CC(C)CC(=O)O)C1. The number of ether oxygens (including phenoxy) is 1. The van der Waals surface area contributed by atoms with Gasteiger partial charge >= 0.3 is 18.0 Å². The number of carboxylic acids is 1. The molecule has 1 heterocycles. The summed E-state index contributed by atoms with van der Waals surface area (Å²) >= 11 is 0. The van der Waals surface area contributed by atoms with Crippen LogP contribution in [0.4, 0.5) is 4.79 Å². The molecule has 0 aromatic heterocycles. The molecule has 21 heavy (non-hydrogen) atoms. The number of carbonyl (C=O) groups is 4. The third kappa shape index (κ3) is 5.41. The van der Waals surface area contributed by atoms with Crippen LogP contribution in [0.3, 0.4) is 0 Å². The van der Waals surface area contributed by atoms with E-state index in [1.165, 1.54) is 12.0 Å². The van der Waals surface area contributed by atoms with Gasteiger partial charge in [-0.1, -0.05) is 6.92 Å². The lowest BCUT2D eigenvalue weighted by atomic mass is 10.0. The van der Waals surface area contributed by atoms with Gasteiger partial charge in [-0.15, -0.1) is 0 Å². The highest BCUT2D eigenvalue weighted by molar-refractivity contribution is 5.94. The van der Waals surface area contributed by atoms with Crippen molar-refractivity contribution in [1.29, 1.82) is 0 Å². The van der Waals surface area contributed by atoms with Crippen molar-refractivity contribution >= 4 is 23.9 Å². The Balaban J connectivity index is 2.38. The molecule has 0 aromatic carbocycles. The highest BCUT2D eigenvalue weighted by Gasteiger charge is 2.32. The van der Waals surface area contributed by atoms with E-state index in [-0.39, 0.29) is 37.2 Å². The average Bonchev–Trinajstić information content (AvgIpc) is 2.85. The van der Waals surface area contributed by atoms with Crippen molar-refractivity contribution in [2.24, 2.45) is 11.8 Å². The Labute approximate surface area is 122 Å². The van der Waals surface area contributed by atoms with Crippen LogP contribution < -0.4 is 5.32 Å². The van der Waals surface area contributed by atoms with E-state index in [4.69, 9.17) is 5.11 Å². The fraction of sp³-hybridized carbons (Fsp3) is 0.692. The molecule has 2 N–H and O–H groups in total. The number of rotatable bonds is 5. The summed E-state index contributed by atoms with van der Waals surface area (Å²) in [5.74, 6) is -2.58. The molecule has 1 fully saturated rings. The molecule has 0 radical (unpaired) electrons. The highest BCUT2D eigenvalue weighted by Crippen LogP contribution is 2.17. The standard InChI is InChI=1S/C13H20N2O6/c1-8(6-11(17)18)5-10(16)14-13(20)15-4-3-9(7-15)12(19)21-2/h8-9H,3-7H2,1-2H3,(H,17,18)(H,14,16,20). The van der Waals surface area contributed by atoms with E-state index >= 15 is 0 Å². The van der Waals surface area contributed by atoms with Crippen molar-refractivity contribution in [3.8, 4) is 0 Å². The Kier molecular flexibility index (Phi) is 6.13. The summed E-state index contributed by atoms with van der Waals surface area (Å²) in [5.41, 5.74) is 0. The van der Waals surface area contributed by atoms with Gasteiger partial charge in [-0.2, -0.15) is 0 Å². The molecule has 0 saturated carbocycles. The van der Waals surface area contributed by atoms with Crippen molar-refractivity contribution in [1.82, 2.24) is 10.2 Å². The predicted octanol–water partition coefficient (Wildman–Crippen LogP) is 0.218. The van der Waals surface area contributed by atoms with Gasteiger partial charge in [0.25, 0.3) is 0 Å². The Bertz CT molecular complexity index is 436. The molecule has 3 amide bonds. The number of hydrogen-bond acceptors (Lipinski definition) is 5.